The predicted molar refractivity (Wildman–Crippen MR) is 553 cm³/mol. The summed E-state index contributed by atoms with van der Waals surface area (Å²) in [5.74, 6) is -2.77. The number of carboxylic acids is 8. The number of ether oxygens (including phenoxy) is 12. The van der Waals surface area contributed by atoms with E-state index >= 15 is 0 Å². The van der Waals surface area contributed by atoms with E-state index in [2.05, 4.69) is 48.5 Å². The minimum absolute atomic E-state index is 0.0647. The van der Waals surface area contributed by atoms with Crippen LogP contribution >= 0.6 is 15.8 Å². The topological polar surface area (TPSA) is 409 Å². The molecule has 28 nitrogen and oxygen atoms in total. The first-order valence-electron chi connectivity index (χ1n) is 46.4. The Balaban J connectivity index is 0.704. The Hall–Kier alpha value is -18.3. The van der Waals surface area contributed by atoms with Gasteiger partial charge in [-0.1, -0.05) is 146 Å². The molecule has 0 heterocycles. The highest BCUT2D eigenvalue weighted by atomic mass is 31.1. The molecule has 0 bridgehead atoms. The first-order chi connectivity index (χ1) is 71.7. The molecule has 0 aliphatic carbocycles. The van der Waals surface area contributed by atoms with Gasteiger partial charge in [0.05, 0.1) is 44.5 Å². The standard InChI is InChI=1S/C118H96O28P2/c119-111(120)87-17-1-75(2-18-87)63-139-99-51-83(52-100(59-99)140-64-76-3-19-88(20-4-76)112(121)122)71-135-95-33-41-107(42-34-95)147(108-43-35-96(36-44-108)136-72-84-53-101(141-65-77-5-21-89(22-6-77)113(123)124)60-102(54-84)142-66-78-7-23-90(24-8-78)114(125)126)49-50-148(109-45-37-97(38-46-109)137-73-85-55-103(143-67-79-9-25-91(26-10-79)115(127)128)61-104(56-85)144-68-80-11-27-92(28-12-80)116(129)130)110-47-39-98(40-48-110)138-74-86-57-105(145-69-81-13-29-93(30-14-81)117(131)132)62-106(58-86)146-70-82-15-31-94(32-16-82)118(133)134/h1-48,51-62H,49-50,63-74H2,(H,119,120)(H,121,122)(H,123,124)(H,125,126)(H,127,128)(H,129,130)(H,131,132)(H,133,134). The highest BCUT2D eigenvalue weighted by Crippen LogP contribution is 2.44. The van der Waals surface area contributed by atoms with E-state index in [0.717, 1.165) is 65.7 Å². The van der Waals surface area contributed by atoms with Crippen LogP contribution in [0.5, 0.6) is 69.0 Å². The van der Waals surface area contributed by atoms with Crippen molar-refractivity contribution in [1.82, 2.24) is 0 Å². The van der Waals surface area contributed by atoms with Crippen LogP contribution in [0.4, 0.5) is 0 Å². The number of hydrogen-bond donors (Lipinski definition) is 8. The lowest BCUT2D eigenvalue weighted by molar-refractivity contribution is 0.0686. The van der Waals surface area contributed by atoms with Crippen LogP contribution in [0.15, 0.2) is 364 Å². The van der Waals surface area contributed by atoms with Crippen LogP contribution in [-0.4, -0.2) is 101 Å². The second-order valence-electron chi connectivity index (χ2n) is 34.0. The van der Waals surface area contributed by atoms with Gasteiger partial charge in [-0.3, -0.25) is 0 Å². The van der Waals surface area contributed by atoms with Gasteiger partial charge in [-0.25, -0.2) is 38.4 Å². The number of aromatic carboxylic acids is 8. The molecule has 0 atom stereocenters. The fourth-order valence-electron chi connectivity index (χ4n) is 15.4. The van der Waals surface area contributed by atoms with E-state index in [1.807, 2.05) is 97.1 Å². The number of hydrogen-bond acceptors (Lipinski definition) is 20. The molecule has 148 heavy (non-hydrogen) atoms. The van der Waals surface area contributed by atoms with E-state index in [0.29, 0.717) is 104 Å². The third-order valence-corrected chi connectivity index (χ3v) is 28.8. The zero-order chi connectivity index (χ0) is 103. The van der Waals surface area contributed by atoms with Crippen LogP contribution in [0.2, 0.25) is 0 Å². The Morgan fingerprint density at radius 3 is 0.378 bits per heavy atom. The van der Waals surface area contributed by atoms with Crippen LogP contribution in [0, 0.1) is 0 Å². The molecular formula is C118H96O28P2. The van der Waals surface area contributed by atoms with Crippen molar-refractivity contribution >= 4 is 84.8 Å². The third kappa shape index (κ3) is 29.7. The molecule has 8 N–H and O–H groups in total. The van der Waals surface area contributed by atoms with Crippen molar-refractivity contribution in [3.05, 3.63) is 475 Å². The second kappa shape index (κ2) is 49.6. The monoisotopic (exact) mass is 2020 g/mol. The lowest BCUT2D eigenvalue weighted by Gasteiger charge is -2.25. The Morgan fingerprint density at radius 1 is 0.142 bits per heavy atom. The molecule has 16 aromatic carbocycles. The normalized spacial score (nSPS) is 11.0. The minimum Gasteiger partial charge on any atom is -0.489 e. The Labute approximate surface area is 851 Å². The largest absolute Gasteiger partial charge is 0.489 e. The smallest absolute Gasteiger partial charge is 0.335 e. The fraction of sp³-hybridized carbons (Fsp3) is 0.119. The summed E-state index contributed by atoms with van der Waals surface area (Å²) in [6.07, 6.45) is 1.27. The molecule has 0 amide bonds. The van der Waals surface area contributed by atoms with Crippen LogP contribution in [-0.2, 0) is 79.3 Å². The van der Waals surface area contributed by atoms with Crippen molar-refractivity contribution < 1.29 is 136 Å². The van der Waals surface area contributed by atoms with Crippen LogP contribution in [0.25, 0.3) is 0 Å². The number of rotatable bonds is 51. The summed E-state index contributed by atoms with van der Waals surface area (Å²) in [6, 6.07) is 104. The maximum Gasteiger partial charge on any atom is 0.335 e. The first kappa shape index (κ1) is 103. The molecule has 0 radical (unpaired) electrons. The summed E-state index contributed by atoms with van der Waals surface area (Å²) in [6.45, 7) is 1.04. The molecule has 30 heteroatoms. The summed E-state index contributed by atoms with van der Waals surface area (Å²) < 4.78 is 77.0. The van der Waals surface area contributed by atoms with Crippen LogP contribution in [0.3, 0.4) is 0 Å². The SMILES string of the molecule is O=C(O)c1ccc(COc2cc(COc3ccc(P(CCP(c4ccc(OCc5cc(OCc6ccc(C(=O)O)cc6)cc(OCc6ccc(C(=O)O)cc6)c5)cc4)c4ccc(OCc5cc(OCc6ccc(C(=O)O)cc6)cc(OCc6ccc(C(=O)O)cc6)c5)cc4)c4ccc(OCc5cc(OCc6ccc(C(=O)O)cc6)cc(OCc6ccc(C(=O)O)cc6)c5)cc4)cc3)cc(OCc3ccc(C(=O)O)cc3)c2)cc1. The van der Waals surface area contributed by atoms with Crippen molar-refractivity contribution in [2.45, 2.75) is 79.3 Å². The molecule has 0 unspecified atom stereocenters. The summed E-state index contributed by atoms with van der Waals surface area (Å²) in [5, 5.41) is 80.7. The molecule has 16 rings (SSSR count). The zero-order valence-corrected chi connectivity index (χ0v) is 81.0. The highest BCUT2D eigenvalue weighted by Gasteiger charge is 2.24. The van der Waals surface area contributed by atoms with Gasteiger partial charge in [0.2, 0.25) is 0 Å². The molecule has 0 spiro atoms. The summed E-state index contributed by atoms with van der Waals surface area (Å²) in [4.78, 5) is 93.7. The van der Waals surface area contributed by atoms with Crippen LogP contribution in [0.1, 0.15) is 150 Å². The number of benzene rings is 16. The van der Waals surface area contributed by atoms with Crippen LogP contribution < -0.4 is 78.1 Å². The molecular weight excluding hydrogens is 1930 g/mol. The quantitative estimate of drug-likeness (QED) is 0.0164. The zero-order valence-electron chi connectivity index (χ0n) is 79.2. The van der Waals surface area contributed by atoms with Gasteiger partial charge in [0, 0.05) is 24.3 Å². The summed E-state index contributed by atoms with van der Waals surface area (Å²) in [7, 11) is -2.50. The predicted octanol–water partition coefficient (Wildman–Crippen LogP) is 21.8. The average molecular weight is 2020 g/mol. The lowest BCUT2D eigenvalue weighted by atomic mass is 10.1. The van der Waals surface area contributed by atoms with E-state index in [1.54, 1.807) is 121 Å². The first-order valence-corrected chi connectivity index (χ1v) is 49.4. The second-order valence-corrected chi connectivity index (χ2v) is 38.7. The summed E-state index contributed by atoms with van der Waals surface area (Å²) >= 11 is 0. The molecule has 0 aromatic heterocycles. The van der Waals surface area contributed by atoms with Gasteiger partial charge in [0.1, 0.15) is 148 Å². The molecule has 0 saturated heterocycles. The van der Waals surface area contributed by atoms with Gasteiger partial charge in [0.25, 0.3) is 0 Å². The molecule has 0 aliphatic rings. The van der Waals surface area contributed by atoms with E-state index in [4.69, 9.17) is 56.8 Å². The third-order valence-electron chi connectivity index (χ3n) is 23.4. The van der Waals surface area contributed by atoms with E-state index < -0.39 is 63.6 Å². The Morgan fingerprint density at radius 2 is 0.257 bits per heavy atom. The molecule has 16 aromatic rings. The van der Waals surface area contributed by atoms with Gasteiger partial charge < -0.3 is 97.7 Å². The van der Waals surface area contributed by atoms with Crippen molar-refractivity contribution in [3.63, 3.8) is 0 Å². The van der Waals surface area contributed by atoms with Crippen molar-refractivity contribution in [3.8, 4) is 69.0 Å². The maximum absolute atomic E-state index is 11.7. The number of carbonyl (C=O) groups is 8. The number of carboxylic acid groups (broad SMARTS) is 8. The van der Waals surface area contributed by atoms with Gasteiger partial charge in [-0.15, -0.1) is 0 Å². The van der Waals surface area contributed by atoms with Crippen molar-refractivity contribution in [2.24, 2.45) is 0 Å². The maximum atomic E-state index is 11.7. The van der Waals surface area contributed by atoms with Crippen molar-refractivity contribution in [2.75, 3.05) is 12.3 Å². The molecule has 746 valence electrons. The molecule has 0 aliphatic heterocycles. The van der Waals surface area contributed by atoms with Gasteiger partial charge in [-0.05, 0) is 310 Å². The minimum atomic E-state index is -1.25. The van der Waals surface area contributed by atoms with Gasteiger partial charge in [-0.2, -0.15) is 0 Å². The Kier molecular flexibility index (Phi) is 34.4. The molecule has 0 fully saturated rings. The van der Waals surface area contributed by atoms with E-state index in [-0.39, 0.29) is 124 Å². The lowest BCUT2D eigenvalue weighted by Crippen LogP contribution is -2.20. The summed E-state index contributed by atoms with van der Waals surface area (Å²) in [5.41, 5.74) is 9.54. The van der Waals surface area contributed by atoms with E-state index in [9.17, 15) is 79.2 Å². The fourth-order valence-corrected chi connectivity index (χ4v) is 20.6. The van der Waals surface area contributed by atoms with Gasteiger partial charge >= 0.3 is 47.8 Å². The Bertz CT molecular complexity index is 6150. The van der Waals surface area contributed by atoms with Gasteiger partial charge in [0.15, 0.2) is 0 Å². The highest BCUT2D eigenvalue weighted by molar-refractivity contribution is 7.76. The average Bonchev–Trinajstić information content (AvgIpc) is 0.812. The van der Waals surface area contributed by atoms with E-state index in [1.165, 1.54) is 97.1 Å². The van der Waals surface area contributed by atoms with Crippen molar-refractivity contribution in [1.29, 1.82) is 0 Å². The molecule has 0 saturated carbocycles.